The van der Waals surface area contributed by atoms with Crippen LogP contribution in [-0.2, 0) is 0 Å². The van der Waals surface area contributed by atoms with E-state index in [1.54, 1.807) is 6.07 Å². The minimum Gasteiger partial charge on any atom is -0.313 e. The van der Waals surface area contributed by atoms with Crippen LogP contribution < -0.4 is 5.32 Å². The van der Waals surface area contributed by atoms with Crippen LogP contribution in [0.4, 0.5) is 8.78 Å². The van der Waals surface area contributed by atoms with Crippen molar-refractivity contribution in [1.29, 1.82) is 0 Å². The van der Waals surface area contributed by atoms with Crippen LogP contribution in [0, 0.1) is 11.6 Å². The molecular weight excluding hydrogens is 344 g/mol. The average molecular weight is 358 g/mol. The molecule has 2 aromatic rings. The van der Waals surface area contributed by atoms with Crippen LogP contribution in [0.5, 0.6) is 0 Å². The summed E-state index contributed by atoms with van der Waals surface area (Å²) in [6, 6.07) is 10.1. The summed E-state index contributed by atoms with van der Waals surface area (Å²) < 4.78 is 27.2. The number of hydrogen-bond donors (Lipinski definition) is 1. The molecule has 0 spiro atoms. The Labute approximate surface area is 129 Å². The molecule has 2 rings (SSSR count). The highest BCUT2D eigenvalue weighted by atomic mass is 79.9. The van der Waals surface area contributed by atoms with Gasteiger partial charge in [0, 0.05) is 20.3 Å². The van der Waals surface area contributed by atoms with Crippen molar-refractivity contribution in [3.8, 4) is 0 Å². The lowest BCUT2D eigenvalue weighted by atomic mass is 10.1. The highest BCUT2D eigenvalue weighted by Crippen LogP contribution is 2.35. The van der Waals surface area contributed by atoms with Crippen molar-refractivity contribution in [3.63, 3.8) is 0 Å². The summed E-state index contributed by atoms with van der Waals surface area (Å²) in [5, 5.41) is 3.19. The first-order valence-electron chi connectivity index (χ1n) is 6.11. The lowest BCUT2D eigenvalue weighted by molar-refractivity contribution is 0.506. The van der Waals surface area contributed by atoms with Crippen molar-refractivity contribution in [2.45, 2.75) is 22.8 Å². The van der Waals surface area contributed by atoms with E-state index in [-0.39, 0.29) is 6.04 Å². The van der Waals surface area contributed by atoms with Crippen molar-refractivity contribution < 1.29 is 8.78 Å². The fourth-order valence-corrected chi connectivity index (χ4v) is 3.19. The second kappa shape index (κ2) is 6.70. The van der Waals surface area contributed by atoms with Gasteiger partial charge in [-0.25, -0.2) is 8.78 Å². The largest absolute Gasteiger partial charge is 0.313 e. The molecule has 1 unspecified atom stereocenters. The van der Waals surface area contributed by atoms with Crippen molar-refractivity contribution in [2.75, 3.05) is 7.05 Å². The van der Waals surface area contributed by atoms with Crippen LogP contribution in [0.2, 0.25) is 0 Å². The van der Waals surface area contributed by atoms with Gasteiger partial charge in [0.2, 0.25) is 0 Å². The third-order valence-corrected chi connectivity index (χ3v) is 4.56. The minimum atomic E-state index is -0.825. The van der Waals surface area contributed by atoms with Gasteiger partial charge in [-0.3, -0.25) is 0 Å². The SMILES string of the molecule is CNC(C)c1cc(Br)ccc1Sc1ccc(F)c(F)c1. The molecule has 0 aliphatic rings. The van der Waals surface area contributed by atoms with E-state index in [9.17, 15) is 8.78 Å². The molecule has 0 saturated carbocycles. The van der Waals surface area contributed by atoms with Gasteiger partial charge in [0.1, 0.15) is 0 Å². The van der Waals surface area contributed by atoms with Gasteiger partial charge in [-0.1, -0.05) is 27.7 Å². The van der Waals surface area contributed by atoms with E-state index in [1.807, 2.05) is 25.2 Å². The minimum absolute atomic E-state index is 0.167. The van der Waals surface area contributed by atoms with E-state index in [1.165, 1.54) is 17.8 Å². The maximum absolute atomic E-state index is 13.3. The third-order valence-electron chi connectivity index (χ3n) is 2.99. The molecule has 1 N–H and O–H groups in total. The molecule has 2 aromatic carbocycles. The van der Waals surface area contributed by atoms with Crippen molar-refractivity contribution in [2.24, 2.45) is 0 Å². The van der Waals surface area contributed by atoms with Crippen molar-refractivity contribution in [3.05, 3.63) is 58.1 Å². The number of nitrogens with one attached hydrogen (secondary N) is 1. The fourth-order valence-electron chi connectivity index (χ4n) is 1.77. The van der Waals surface area contributed by atoms with E-state index in [0.29, 0.717) is 4.90 Å². The molecule has 5 heteroatoms. The predicted octanol–water partition coefficient (Wildman–Crippen LogP) is 5.16. The van der Waals surface area contributed by atoms with E-state index in [2.05, 4.69) is 28.2 Å². The Bertz CT molecular complexity index is 619. The highest BCUT2D eigenvalue weighted by molar-refractivity contribution is 9.10. The lowest BCUT2D eigenvalue weighted by Gasteiger charge is -2.16. The normalized spacial score (nSPS) is 12.4. The highest BCUT2D eigenvalue weighted by Gasteiger charge is 2.12. The Balaban J connectivity index is 2.35. The summed E-state index contributed by atoms with van der Waals surface area (Å²) in [5.74, 6) is -1.65. The fraction of sp³-hybridized carbons (Fsp3) is 0.200. The Hall–Kier alpha value is -0.910. The Morgan fingerprint density at radius 1 is 1.10 bits per heavy atom. The molecule has 0 aliphatic carbocycles. The Morgan fingerprint density at radius 3 is 2.50 bits per heavy atom. The first kappa shape index (κ1) is 15.5. The van der Waals surface area contributed by atoms with Gasteiger partial charge in [0.25, 0.3) is 0 Å². The molecule has 106 valence electrons. The summed E-state index contributed by atoms with van der Waals surface area (Å²) in [6.45, 7) is 2.05. The smallest absolute Gasteiger partial charge is 0.159 e. The van der Waals surface area contributed by atoms with Gasteiger partial charge in [-0.15, -0.1) is 0 Å². The molecule has 0 radical (unpaired) electrons. The maximum Gasteiger partial charge on any atom is 0.159 e. The second-order valence-electron chi connectivity index (χ2n) is 4.37. The lowest BCUT2D eigenvalue weighted by Crippen LogP contribution is -2.13. The quantitative estimate of drug-likeness (QED) is 0.810. The zero-order valence-corrected chi connectivity index (χ0v) is 13.5. The van der Waals surface area contributed by atoms with Gasteiger partial charge < -0.3 is 5.32 Å². The Kier molecular flexibility index (Phi) is 5.18. The number of rotatable bonds is 4. The van der Waals surface area contributed by atoms with Gasteiger partial charge >= 0.3 is 0 Å². The van der Waals surface area contributed by atoms with E-state index in [4.69, 9.17) is 0 Å². The van der Waals surface area contributed by atoms with Crippen LogP contribution in [0.3, 0.4) is 0 Å². The summed E-state index contributed by atoms with van der Waals surface area (Å²) >= 11 is 4.88. The van der Waals surface area contributed by atoms with Gasteiger partial charge in [0.15, 0.2) is 11.6 Å². The first-order valence-corrected chi connectivity index (χ1v) is 7.72. The van der Waals surface area contributed by atoms with Gasteiger partial charge in [-0.2, -0.15) is 0 Å². The standard InChI is InChI=1S/C15H14BrF2NS/c1-9(19-2)12-7-10(16)3-6-15(12)20-11-4-5-13(17)14(18)8-11/h3-9,19H,1-2H3. The summed E-state index contributed by atoms with van der Waals surface area (Å²) in [7, 11) is 1.89. The molecular formula is C15H14BrF2NS. The van der Waals surface area contributed by atoms with Crippen LogP contribution in [0.15, 0.2) is 50.7 Å². The molecule has 0 fully saturated rings. The number of halogens is 3. The van der Waals surface area contributed by atoms with Gasteiger partial charge in [-0.05, 0) is 55.9 Å². The zero-order valence-electron chi connectivity index (χ0n) is 11.1. The average Bonchev–Trinajstić information content (AvgIpc) is 2.44. The molecule has 0 aromatic heterocycles. The van der Waals surface area contributed by atoms with Crippen LogP contribution >= 0.6 is 27.7 Å². The van der Waals surface area contributed by atoms with E-state index >= 15 is 0 Å². The summed E-state index contributed by atoms with van der Waals surface area (Å²) in [4.78, 5) is 1.69. The Morgan fingerprint density at radius 2 is 1.85 bits per heavy atom. The maximum atomic E-state index is 13.3. The molecule has 1 nitrogen and oxygen atoms in total. The van der Waals surface area contributed by atoms with Crippen molar-refractivity contribution >= 4 is 27.7 Å². The first-order chi connectivity index (χ1) is 9.51. The van der Waals surface area contributed by atoms with E-state index in [0.717, 1.165) is 21.0 Å². The van der Waals surface area contributed by atoms with Crippen LogP contribution in [-0.4, -0.2) is 7.05 Å². The molecule has 20 heavy (non-hydrogen) atoms. The van der Waals surface area contributed by atoms with E-state index < -0.39 is 11.6 Å². The number of benzene rings is 2. The number of hydrogen-bond acceptors (Lipinski definition) is 2. The molecule has 0 aliphatic heterocycles. The molecule has 0 saturated heterocycles. The monoisotopic (exact) mass is 357 g/mol. The van der Waals surface area contributed by atoms with Crippen LogP contribution in [0.1, 0.15) is 18.5 Å². The topological polar surface area (TPSA) is 12.0 Å². The molecule has 0 bridgehead atoms. The van der Waals surface area contributed by atoms with Crippen LogP contribution in [0.25, 0.3) is 0 Å². The second-order valence-corrected chi connectivity index (χ2v) is 6.40. The summed E-state index contributed by atoms with van der Waals surface area (Å²) in [6.07, 6.45) is 0. The summed E-state index contributed by atoms with van der Waals surface area (Å²) in [5.41, 5.74) is 1.11. The molecule has 0 heterocycles. The van der Waals surface area contributed by atoms with Crippen molar-refractivity contribution in [1.82, 2.24) is 5.32 Å². The molecule has 1 atom stereocenters. The van der Waals surface area contributed by atoms with Gasteiger partial charge in [0.05, 0.1) is 0 Å². The zero-order chi connectivity index (χ0) is 14.7. The predicted molar refractivity (Wildman–Crippen MR) is 82.1 cm³/mol. The molecule has 0 amide bonds. The third kappa shape index (κ3) is 3.59.